The Kier molecular flexibility index (Phi) is 5.54. The molecule has 0 saturated heterocycles. The number of methoxy groups -OCH3 is 1. The minimum Gasteiger partial charge on any atom is -0.496 e. The fourth-order valence-corrected chi connectivity index (χ4v) is 2.70. The summed E-state index contributed by atoms with van der Waals surface area (Å²) in [5, 5.41) is 0. The fraction of sp³-hybridized carbons (Fsp3) is 0.136. The van der Waals surface area contributed by atoms with Crippen molar-refractivity contribution in [2.45, 2.75) is 6.54 Å². The van der Waals surface area contributed by atoms with Crippen LogP contribution in [0.15, 0.2) is 78.9 Å². The molecule has 132 valence electrons. The molecule has 0 spiro atoms. The van der Waals surface area contributed by atoms with Crippen LogP contribution in [0, 0.1) is 0 Å². The second kappa shape index (κ2) is 8.21. The first-order valence-electron chi connectivity index (χ1n) is 8.37. The number of nitrogens with zero attached hydrogens (tertiary/aromatic N) is 1. The molecule has 0 aromatic heterocycles. The van der Waals surface area contributed by atoms with E-state index in [2.05, 4.69) is 0 Å². The Morgan fingerprint density at radius 2 is 1.58 bits per heavy atom. The van der Waals surface area contributed by atoms with Gasteiger partial charge in [-0.25, -0.2) is 0 Å². The van der Waals surface area contributed by atoms with Crippen LogP contribution in [0.4, 0.5) is 0 Å². The predicted octanol–water partition coefficient (Wildman–Crippen LogP) is 4.76. The molecule has 0 unspecified atom stereocenters. The van der Waals surface area contributed by atoms with Gasteiger partial charge < -0.3 is 14.4 Å². The van der Waals surface area contributed by atoms with Gasteiger partial charge in [-0.05, 0) is 36.4 Å². The summed E-state index contributed by atoms with van der Waals surface area (Å²) in [4.78, 5) is 14.4. The van der Waals surface area contributed by atoms with Crippen LogP contribution in [-0.2, 0) is 6.54 Å². The lowest BCUT2D eigenvalue weighted by atomic mass is 10.1. The fourth-order valence-electron chi connectivity index (χ4n) is 2.70. The number of rotatable bonds is 6. The molecule has 4 nitrogen and oxygen atoms in total. The van der Waals surface area contributed by atoms with Crippen molar-refractivity contribution in [3.63, 3.8) is 0 Å². The Labute approximate surface area is 153 Å². The van der Waals surface area contributed by atoms with E-state index in [0.717, 1.165) is 17.1 Å². The molecule has 3 aromatic carbocycles. The molecule has 0 heterocycles. The van der Waals surface area contributed by atoms with E-state index in [1.54, 1.807) is 31.2 Å². The zero-order chi connectivity index (χ0) is 18.4. The van der Waals surface area contributed by atoms with E-state index in [1.807, 2.05) is 66.7 Å². The van der Waals surface area contributed by atoms with Crippen LogP contribution in [0.1, 0.15) is 15.9 Å². The standard InChI is InChI=1S/C22H21NO3/c1-23(16-18-9-6-7-14-21(18)25-2)22(24)17-10-8-13-20(15-17)26-19-11-4-3-5-12-19/h3-15H,16H2,1-2H3. The Hall–Kier alpha value is -3.27. The van der Waals surface area contributed by atoms with Gasteiger partial charge in [0.1, 0.15) is 17.2 Å². The van der Waals surface area contributed by atoms with E-state index in [0.29, 0.717) is 17.9 Å². The highest BCUT2D eigenvalue weighted by Gasteiger charge is 2.14. The topological polar surface area (TPSA) is 38.8 Å². The summed E-state index contributed by atoms with van der Waals surface area (Å²) in [6, 6.07) is 24.4. The first-order chi connectivity index (χ1) is 12.7. The van der Waals surface area contributed by atoms with E-state index in [9.17, 15) is 4.79 Å². The second-order valence-corrected chi connectivity index (χ2v) is 5.92. The van der Waals surface area contributed by atoms with Crippen molar-refractivity contribution in [1.29, 1.82) is 0 Å². The van der Waals surface area contributed by atoms with Gasteiger partial charge in [0.25, 0.3) is 5.91 Å². The minimum atomic E-state index is -0.0746. The smallest absolute Gasteiger partial charge is 0.254 e. The lowest BCUT2D eigenvalue weighted by Crippen LogP contribution is -2.26. The van der Waals surface area contributed by atoms with Crippen molar-refractivity contribution < 1.29 is 14.3 Å². The van der Waals surface area contributed by atoms with Crippen LogP contribution in [0.2, 0.25) is 0 Å². The quantitative estimate of drug-likeness (QED) is 0.645. The average molecular weight is 347 g/mol. The summed E-state index contributed by atoms with van der Waals surface area (Å²) < 4.78 is 11.2. The van der Waals surface area contributed by atoms with Gasteiger partial charge in [0, 0.05) is 24.7 Å². The summed E-state index contributed by atoms with van der Waals surface area (Å²) in [5.74, 6) is 2.06. The molecule has 3 rings (SSSR count). The van der Waals surface area contributed by atoms with Crippen molar-refractivity contribution >= 4 is 5.91 Å². The molecule has 0 saturated carbocycles. The average Bonchev–Trinajstić information content (AvgIpc) is 2.69. The first kappa shape index (κ1) is 17.5. The molecule has 0 atom stereocenters. The number of ether oxygens (including phenoxy) is 2. The molecule has 0 radical (unpaired) electrons. The normalized spacial score (nSPS) is 10.2. The zero-order valence-electron chi connectivity index (χ0n) is 14.9. The van der Waals surface area contributed by atoms with Gasteiger partial charge >= 0.3 is 0 Å². The molecule has 0 fully saturated rings. The van der Waals surface area contributed by atoms with Crippen LogP contribution >= 0.6 is 0 Å². The van der Waals surface area contributed by atoms with Crippen LogP contribution in [-0.4, -0.2) is 25.0 Å². The largest absolute Gasteiger partial charge is 0.496 e. The molecule has 1 amide bonds. The Bertz CT molecular complexity index is 877. The van der Waals surface area contributed by atoms with E-state index in [4.69, 9.17) is 9.47 Å². The Morgan fingerprint density at radius 1 is 0.885 bits per heavy atom. The minimum absolute atomic E-state index is 0.0746. The van der Waals surface area contributed by atoms with E-state index in [1.165, 1.54) is 0 Å². The zero-order valence-corrected chi connectivity index (χ0v) is 14.9. The highest BCUT2D eigenvalue weighted by atomic mass is 16.5. The van der Waals surface area contributed by atoms with Crippen LogP contribution in [0.5, 0.6) is 17.2 Å². The third-order valence-electron chi connectivity index (χ3n) is 4.01. The van der Waals surface area contributed by atoms with Crippen molar-refractivity contribution in [3.05, 3.63) is 90.0 Å². The van der Waals surface area contributed by atoms with Gasteiger partial charge in [-0.15, -0.1) is 0 Å². The molecule has 0 aliphatic heterocycles. The maximum absolute atomic E-state index is 12.8. The summed E-state index contributed by atoms with van der Waals surface area (Å²) in [6.45, 7) is 0.465. The number of para-hydroxylation sites is 2. The molecular weight excluding hydrogens is 326 g/mol. The number of amides is 1. The van der Waals surface area contributed by atoms with E-state index >= 15 is 0 Å². The van der Waals surface area contributed by atoms with Crippen molar-refractivity contribution in [3.8, 4) is 17.2 Å². The van der Waals surface area contributed by atoms with Crippen LogP contribution < -0.4 is 9.47 Å². The summed E-state index contributed by atoms with van der Waals surface area (Å²) in [7, 11) is 3.41. The lowest BCUT2D eigenvalue weighted by molar-refractivity contribution is 0.0784. The SMILES string of the molecule is COc1ccccc1CN(C)C(=O)c1cccc(Oc2ccccc2)c1. The van der Waals surface area contributed by atoms with Gasteiger partial charge in [0.2, 0.25) is 0 Å². The van der Waals surface area contributed by atoms with Crippen molar-refractivity contribution in [1.82, 2.24) is 4.90 Å². The molecule has 0 bridgehead atoms. The number of hydrogen-bond donors (Lipinski definition) is 0. The highest BCUT2D eigenvalue weighted by molar-refractivity contribution is 5.94. The molecular formula is C22H21NO3. The third kappa shape index (κ3) is 4.22. The van der Waals surface area contributed by atoms with Gasteiger partial charge in [0.05, 0.1) is 7.11 Å². The molecule has 0 N–H and O–H groups in total. The summed E-state index contributed by atoms with van der Waals surface area (Å²) >= 11 is 0. The highest BCUT2D eigenvalue weighted by Crippen LogP contribution is 2.23. The van der Waals surface area contributed by atoms with Crippen LogP contribution in [0.3, 0.4) is 0 Å². The number of carbonyl (C=O) groups is 1. The lowest BCUT2D eigenvalue weighted by Gasteiger charge is -2.19. The van der Waals surface area contributed by atoms with Crippen molar-refractivity contribution in [2.24, 2.45) is 0 Å². The Balaban J connectivity index is 1.74. The van der Waals surface area contributed by atoms with Crippen LogP contribution in [0.25, 0.3) is 0 Å². The number of hydrogen-bond acceptors (Lipinski definition) is 3. The maximum atomic E-state index is 12.8. The predicted molar refractivity (Wildman–Crippen MR) is 102 cm³/mol. The van der Waals surface area contributed by atoms with Gasteiger partial charge in [-0.1, -0.05) is 42.5 Å². The molecule has 0 aliphatic carbocycles. The molecule has 0 aliphatic rings. The molecule has 4 heteroatoms. The summed E-state index contributed by atoms with van der Waals surface area (Å²) in [6.07, 6.45) is 0. The molecule has 26 heavy (non-hydrogen) atoms. The molecule has 3 aromatic rings. The monoisotopic (exact) mass is 347 g/mol. The third-order valence-corrected chi connectivity index (χ3v) is 4.01. The van der Waals surface area contributed by atoms with Gasteiger partial charge in [0.15, 0.2) is 0 Å². The first-order valence-corrected chi connectivity index (χ1v) is 8.37. The number of benzene rings is 3. The Morgan fingerprint density at radius 3 is 2.35 bits per heavy atom. The van der Waals surface area contributed by atoms with E-state index < -0.39 is 0 Å². The second-order valence-electron chi connectivity index (χ2n) is 5.92. The van der Waals surface area contributed by atoms with E-state index in [-0.39, 0.29) is 5.91 Å². The summed E-state index contributed by atoms with van der Waals surface area (Å²) in [5.41, 5.74) is 1.54. The maximum Gasteiger partial charge on any atom is 0.254 e. The van der Waals surface area contributed by atoms with Gasteiger partial charge in [-0.3, -0.25) is 4.79 Å². The number of carbonyl (C=O) groups excluding carboxylic acids is 1. The van der Waals surface area contributed by atoms with Gasteiger partial charge in [-0.2, -0.15) is 0 Å². The van der Waals surface area contributed by atoms with Crippen molar-refractivity contribution in [2.75, 3.05) is 14.2 Å².